The summed E-state index contributed by atoms with van der Waals surface area (Å²) in [5.74, 6) is 0.460. The zero-order valence-corrected chi connectivity index (χ0v) is 21.1. The Morgan fingerprint density at radius 1 is 0.833 bits per heavy atom. The minimum atomic E-state index is -4.04. The zero-order valence-electron chi connectivity index (χ0n) is 20.3. The van der Waals surface area contributed by atoms with Gasteiger partial charge in [-0.05, 0) is 55.3 Å². The average molecular weight is 498 g/mol. The summed E-state index contributed by atoms with van der Waals surface area (Å²) in [7, 11) is -4.04. The maximum absolute atomic E-state index is 13.8. The van der Waals surface area contributed by atoms with Gasteiger partial charge in [0.2, 0.25) is 9.84 Å². The van der Waals surface area contributed by atoms with Crippen LogP contribution in [0.1, 0.15) is 22.1 Å². The van der Waals surface area contributed by atoms with Crippen LogP contribution >= 0.6 is 0 Å². The summed E-state index contributed by atoms with van der Waals surface area (Å²) in [5, 5.41) is 8.72. The van der Waals surface area contributed by atoms with E-state index in [4.69, 9.17) is 9.97 Å². The van der Waals surface area contributed by atoms with Crippen molar-refractivity contribution in [1.82, 2.24) is 9.97 Å². The first-order chi connectivity index (χ1) is 17.4. The number of rotatable bonds is 5. The molecular formula is C28H27N5O2S. The molecule has 1 aliphatic rings. The molecule has 0 aliphatic carbocycles. The van der Waals surface area contributed by atoms with Crippen molar-refractivity contribution in [3.8, 4) is 6.07 Å². The summed E-state index contributed by atoms with van der Waals surface area (Å²) in [6, 6.07) is 24.9. The van der Waals surface area contributed by atoms with Crippen LogP contribution in [-0.2, 0) is 9.84 Å². The zero-order chi connectivity index (χ0) is 25.3. The molecule has 1 fully saturated rings. The quantitative estimate of drug-likeness (QED) is 0.398. The largest absolute Gasteiger partial charge is 0.368 e. The highest BCUT2D eigenvalue weighted by Gasteiger charge is 2.36. The number of aromatic nitrogens is 2. The molecule has 7 nitrogen and oxygen atoms in total. The molecule has 3 aromatic carbocycles. The smallest absolute Gasteiger partial charge is 0.200 e. The van der Waals surface area contributed by atoms with Gasteiger partial charge in [0.05, 0.1) is 22.0 Å². The number of nitrogens with zero attached hydrogens (tertiary/aromatic N) is 5. The van der Waals surface area contributed by atoms with E-state index in [1.807, 2.05) is 49.4 Å². The van der Waals surface area contributed by atoms with Gasteiger partial charge in [0, 0.05) is 31.9 Å². The van der Waals surface area contributed by atoms with E-state index in [0.717, 1.165) is 24.3 Å². The number of benzene rings is 3. The summed E-state index contributed by atoms with van der Waals surface area (Å²) in [6.45, 7) is 6.36. The van der Waals surface area contributed by atoms with Gasteiger partial charge < -0.3 is 9.80 Å². The van der Waals surface area contributed by atoms with Crippen LogP contribution < -0.4 is 9.80 Å². The number of para-hydroxylation sites is 3. The van der Waals surface area contributed by atoms with Crippen molar-refractivity contribution < 1.29 is 8.42 Å². The maximum atomic E-state index is 13.8. The second kappa shape index (κ2) is 9.59. The van der Waals surface area contributed by atoms with Gasteiger partial charge in [0.25, 0.3) is 0 Å². The van der Waals surface area contributed by atoms with E-state index >= 15 is 0 Å². The molecule has 1 aliphatic heterocycles. The fourth-order valence-corrected chi connectivity index (χ4v) is 6.36. The van der Waals surface area contributed by atoms with E-state index in [1.165, 1.54) is 0 Å². The number of fused-ring (bicyclic) bond motifs is 1. The summed E-state index contributed by atoms with van der Waals surface area (Å²) in [4.78, 5) is 14.1. The Morgan fingerprint density at radius 2 is 1.44 bits per heavy atom. The molecule has 0 saturated carbocycles. The topological polar surface area (TPSA) is 90.2 Å². The summed E-state index contributed by atoms with van der Waals surface area (Å²) < 4.78 is 27.7. The molecule has 0 N–H and O–H groups in total. The SMILES string of the molecule is Cc1ccc(C)c(S(=O)(=O)[C@H](C#N)c2nc3ccccc3nc2N2CCN(c3ccccc3)CC2)c1. The molecule has 8 heteroatoms. The van der Waals surface area contributed by atoms with Crippen LogP contribution in [0.2, 0.25) is 0 Å². The molecular weight excluding hydrogens is 470 g/mol. The highest BCUT2D eigenvalue weighted by molar-refractivity contribution is 7.92. The van der Waals surface area contributed by atoms with Crippen LogP contribution in [0.15, 0.2) is 77.7 Å². The van der Waals surface area contributed by atoms with Crippen LogP contribution in [0.4, 0.5) is 11.5 Å². The molecule has 1 saturated heterocycles. The van der Waals surface area contributed by atoms with Crippen molar-refractivity contribution in [2.24, 2.45) is 0 Å². The van der Waals surface area contributed by atoms with E-state index in [0.29, 0.717) is 35.5 Å². The van der Waals surface area contributed by atoms with E-state index in [2.05, 4.69) is 28.0 Å². The second-order valence-electron chi connectivity index (χ2n) is 9.05. The van der Waals surface area contributed by atoms with Crippen LogP contribution in [0, 0.1) is 25.2 Å². The first kappa shape index (κ1) is 23.8. The van der Waals surface area contributed by atoms with Gasteiger partial charge >= 0.3 is 0 Å². The standard InChI is InChI=1S/C28H27N5O2S/c1-20-12-13-21(2)25(18-20)36(34,35)26(19-29)27-28(31-24-11-7-6-10-23(24)30-27)33-16-14-32(15-17-33)22-8-4-3-5-9-22/h3-13,18,26H,14-17H2,1-2H3/t26-/m1/s1. The predicted octanol–water partition coefficient (Wildman–Crippen LogP) is 4.61. The monoisotopic (exact) mass is 497 g/mol. The van der Waals surface area contributed by atoms with Crippen molar-refractivity contribution in [2.75, 3.05) is 36.0 Å². The van der Waals surface area contributed by atoms with Gasteiger partial charge in [0.1, 0.15) is 5.69 Å². The molecule has 5 rings (SSSR count). The Kier molecular flexibility index (Phi) is 6.33. The number of anilines is 2. The molecule has 2 heterocycles. The maximum Gasteiger partial charge on any atom is 0.200 e. The van der Waals surface area contributed by atoms with E-state index in [-0.39, 0.29) is 10.6 Å². The number of hydrogen-bond donors (Lipinski definition) is 0. The normalized spacial score (nSPS) is 15.0. The summed E-state index contributed by atoms with van der Waals surface area (Å²) >= 11 is 0. The third-order valence-electron chi connectivity index (χ3n) is 6.60. The average Bonchev–Trinajstić information content (AvgIpc) is 2.90. The lowest BCUT2D eigenvalue weighted by Gasteiger charge is -2.37. The third-order valence-corrected chi connectivity index (χ3v) is 8.61. The van der Waals surface area contributed by atoms with Crippen LogP contribution in [0.3, 0.4) is 0 Å². The Labute approximate surface area is 211 Å². The van der Waals surface area contributed by atoms with Crippen LogP contribution in [0.25, 0.3) is 11.0 Å². The fourth-order valence-electron chi connectivity index (χ4n) is 4.65. The molecule has 1 atom stereocenters. The third kappa shape index (κ3) is 4.38. The van der Waals surface area contributed by atoms with Gasteiger partial charge in [-0.3, -0.25) is 0 Å². The Morgan fingerprint density at radius 3 is 2.11 bits per heavy atom. The minimum absolute atomic E-state index is 0.156. The Hall–Kier alpha value is -3.96. The first-order valence-corrected chi connectivity index (χ1v) is 13.5. The molecule has 0 unspecified atom stereocenters. The highest BCUT2D eigenvalue weighted by atomic mass is 32.2. The van der Waals surface area contributed by atoms with Crippen LogP contribution in [0.5, 0.6) is 0 Å². The lowest BCUT2D eigenvalue weighted by Crippen LogP contribution is -2.47. The summed E-state index contributed by atoms with van der Waals surface area (Å²) in [6.07, 6.45) is 0. The Bertz CT molecular complexity index is 1560. The number of hydrogen-bond acceptors (Lipinski definition) is 7. The molecule has 0 bridgehead atoms. The summed E-state index contributed by atoms with van der Waals surface area (Å²) in [5.41, 5.74) is 3.99. The molecule has 0 amide bonds. The number of sulfone groups is 1. The van der Waals surface area contributed by atoms with Crippen molar-refractivity contribution >= 4 is 32.4 Å². The van der Waals surface area contributed by atoms with Gasteiger partial charge in [-0.15, -0.1) is 0 Å². The van der Waals surface area contributed by atoms with Crippen LogP contribution in [-0.4, -0.2) is 44.6 Å². The van der Waals surface area contributed by atoms with Gasteiger partial charge in [-0.2, -0.15) is 5.26 Å². The molecule has 36 heavy (non-hydrogen) atoms. The van der Waals surface area contributed by atoms with E-state index < -0.39 is 15.1 Å². The van der Waals surface area contributed by atoms with Gasteiger partial charge in [-0.25, -0.2) is 18.4 Å². The number of nitriles is 1. The van der Waals surface area contributed by atoms with Crippen molar-refractivity contribution in [3.05, 3.63) is 89.6 Å². The molecule has 4 aromatic rings. The van der Waals surface area contributed by atoms with E-state index in [1.54, 1.807) is 25.1 Å². The van der Waals surface area contributed by atoms with E-state index in [9.17, 15) is 13.7 Å². The first-order valence-electron chi connectivity index (χ1n) is 11.9. The van der Waals surface area contributed by atoms with Crippen molar-refractivity contribution in [2.45, 2.75) is 24.0 Å². The fraction of sp³-hybridized carbons (Fsp3) is 0.250. The second-order valence-corrected chi connectivity index (χ2v) is 11.1. The van der Waals surface area contributed by atoms with Crippen molar-refractivity contribution in [1.29, 1.82) is 5.26 Å². The molecule has 1 aromatic heterocycles. The Balaban J connectivity index is 1.58. The highest BCUT2D eigenvalue weighted by Crippen LogP contribution is 2.35. The lowest BCUT2D eigenvalue weighted by molar-refractivity contribution is 0.588. The van der Waals surface area contributed by atoms with Crippen molar-refractivity contribution in [3.63, 3.8) is 0 Å². The predicted molar refractivity (Wildman–Crippen MR) is 142 cm³/mol. The molecule has 0 spiro atoms. The molecule has 0 radical (unpaired) electrons. The number of aryl methyl sites for hydroxylation is 2. The minimum Gasteiger partial charge on any atom is -0.368 e. The lowest BCUT2D eigenvalue weighted by atomic mass is 10.2. The van der Waals surface area contributed by atoms with Gasteiger partial charge in [0.15, 0.2) is 11.1 Å². The molecule has 182 valence electrons. The number of piperazine rings is 1. The van der Waals surface area contributed by atoms with Gasteiger partial charge in [-0.1, -0.05) is 42.5 Å².